The van der Waals surface area contributed by atoms with E-state index in [0.29, 0.717) is 31.1 Å². The fourth-order valence-corrected chi connectivity index (χ4v) is 2.26. The molecule has 1 aromatic rings. The van der Waals surface area contributed by atoms with Crippen molar-refractivity contribution in [2.75, 3.05) is 19.8 Å². The van der Waals surface area contributed by atoms with Crippen LogP contribution in [-0.4, -0.2) is 32.1 Å². The topological polar surface area (TPSA) is 63.2 Å². The molecule has 0 aromatic heterocycles. The Morgan fingerprint density at radius 1 is 1.25 bits per heavy atom. The second-order valence-electron chi connectivity index (χ2n) is 5.63. The van der Waals surface area contributed by atoms with Crippen LogP contribution in [-0.2, 0) is 19.2 Å². The molecule has 1 unspecified atom stereocenters. The van der Waals surface area contributed by atoms with Crippen LogP contribution in [0.3, 0.4) is 0 Å². The van der Waals surface area contributed by atoms with E-state index < -0.39 is 0 Å². The number of hydrogen-bond donors (Lipinski definition) is 0. The normalized spacial score (nSPS) is 17.3. The molecule has 1 aliphatic heterocycles. The van der Waals surface area contributed by atoms with Gasteiger partial charge in [-0.1, -0.05) is 13.0 Å². The number of rotatable bonds is 10. The summed E-state index contributed by atoms with van der Waals surface area (Å²) in [5, 5.41) is 0. The lowest BCUT2D eigenvalue weighted by molar-refractivity contribution is -0.213. The zero-order valence-corrected chi connectivity index (χ0v) is 14.2. The molecule has 24 heavy (non-hydrogen) atoms. The molecule has 6 nitrogen and oxygen atoms in total. The first-order valence-electron chi connectivity index (χ1n) is 8.61. The van der Waals surface area contributed by atoms with Crippen LogP contribution in [0.5, 0.6) is 11.5 Å². The van der Waals surface area contributed by atoms with Gasteiger partial charge in [-0.05, 0) is 37.8 Å². The standard InChI is InChI=1S/C18H26O6/c1-2-7-17(19)24-23-16-9-5-8-15(14-16)20-12-6-13-22-18-10-3-4-11-21-18/h5,8-9,14,18H,2-4,6-7,10-13H2,1H3. The summed E-state index contributed by atoms with van der Waals surface area (Å²) in [5.41, 5.74) is 0. The van der Waals surface area contributed by atoms with Crippen LogP contribution in [0, 0.1) is 0 Å². The quantitative estimate of drug-likeness (QED) is 0.369. The van der Waals surface area contributed by atoms with E-state index >= 15 is 0 Å². The molecule has 1 atom stereocenters. The fraction of sp³-hybridized carbons (Fsp3) is 0.611. The third kappa shape index (κ3) is 7.19. The van der Waals surface area contributed by atoms with E-state index in [1.807, 2.05) is 13.0 Å². The molecule has 0 spiro atoms. The molecule has 0 amide bonds. The summed E-state index contributed by atoms with van der Waals surface area (Å²) in [6.45, 7) is 3.83. The molecule has 6 heteroatoms. The molecule has 1 aromatic carbocycles. The van der Waals surface area contributed by atoms with Crippen LogP contribution < -0.4 is 9.62 Å². The van der Waals surface area contributed by atoms with Gasteiger partial charge < -0.3 is 14.2 Å². The molecule has 1 fully saturated rings. The van der Waals surface area contributed by atoms with Crippen molar-refractivity contribution in [3.05, 3.63) is 24.3 Å². The Bertz CT molecular complexity index is 484. The zero-order valence-electron chi connectivity index (χ0n) is 14.2. The maximum Gasteiger partial charge on any atom is 0.355 e. The predicted octanol–water partition coefficient (Wildman–Crippen LogP) is 3.64. The Morgan fingerprint density at radius 2 is 2.12 bits per heavy atom. The SMILES string of the molecule is CCCC(=O)OOc1cccc(OCCCOC2CCCCO2)c1. The Balaban J connectivity index is 1.61. The first kappa shape index (κ1) is 18.5. The minimum absolute atomic E-state index is 0.0618. The highest BCUT2D eigenvalue weighted by atomic mass is 17.2. The van der Waals surface area contributed by atoms with Gasteiger partial charge in [0.05, 0.1) is 13.2 Å². The van der Waals surface area contributed by atoms with Crippen LogP contribution in [0.15, 0.2) is 24.3 Å². The van der Waals surface area contributed by atoms with Crippen molar-refractivity contribution in [2.24, 2.45) is 0 Å². The van der Waals surface area contributed by atoms with Crippen molar-refractivity contribution in [3.63, 3.8) is 0 Å². The van der Waals surface area contributed by atoms with Crippen molar-refractivity contribution in [1.29, 1.82) is 0 Å². The summed E-state index contributed by atoms with van der Waals surface area (Å²) in [5.74, 6) is 0.711. The van der Waals surface area contributed by atoms with E-state index in [1.54, 1.807) is 18.2 Å². The van der Waals surface area contributed by atoms with Crippen molar-refractivity contribution in [1.82, 2.24) is 0 Å². The minimum atomic E-state index is -0.383. The lowest BCUT2D eigenvalue weighted by Crippen LogP contribution is -2.23. The first-order valence-corrected chi connectivity index (χ1v) is 8.61. The molecule has 0 radical (unpaired) electrons. The van der Waals surface area contributed by atoms with Crippen LogP contribution in [0.1, 0.15) is 45.4 Å². The van der Waals surface area contributed by atoms with E-state index in [-0.39, 0.29) is 12.3 Å². The van der Waals surface area contributed by atoms with Crippen molar-refractivity contribution in [3.8, 4) is 11.5 Å². The summed E-state index contributed by atoms with van der Waals surface area (Å²) >= 11 is 0. The maximum atomic E-state index is 11.3. The molecular formula is C18H26O6. The third-order valence-electron chi connectivity index (χ3n) is 3.49. The second kappa shape index (κ2) is 10.9. The van der Waals surface area contributed by atoms with Gasteiger partial charge in [-0.2, -0.15) is 0 Å². The molecule has 134 valence electrons. The van der Waals surface area contributed by atoms with Crippen LogP contribution >= 0.6 is 0 Å². The average Bonchev–Trinajstić information content (AvgIpc) is 2.61. The minimum Gasteiger partial charge on any atom is -0.493 e. The van der Waals surface area contributed by atoms with Gasteiger partial charge in [-0.15, -0.1) is 0 Å². The highest BCUT2D eigenvalue weighted by Gasteiger charge is 2.13. The largest absolute Gasteiger partial charge is 0.493 e. The van der Waals surface area contributed by atoms with Gasteiger partial charge in [0.15, 0.2) is 12.0 Å². The van der Waals surface area contributed by atoms with E-state index in [1.165, 1.54) is 0 Å². The van der Waals surface area contributed by atoms with Crippen LogP contribution in [0.2, 0.25) is 0 Å². The number of hydrogen-bond acceptors (Lipinski definition) is 6. The molecule has 1 aliphatic rings. The summed E-state index contributed by atoms with van der Waals surface area (Å²) in [7, 11) is 0. The van der Waals surface area contributed by atoms with E-state index in [4.69, 9.17) is 24.0 Å². The van der Waals surface area contributed by atoms with Gasteiger partial charge in [0.2, 0.25) is 0 Å². The van der Waals surface area contributed by atoms with Crippen LogP contribution in [0.25, 0.3) is 0 Å². The van der Waals surface area contributed by atoms with Crippen molar-refractivity contribution < 1.29 is 28.8 Å². The van der Waals surface area contributed by atoms with E-state index in [9.17, 15) is 4.79 Å². The number of benzene rings is 1. The Labute approximate surface area is 142 Å². The first-order chi connectivity index (χ1) is 11.8. The highest BCUT2D eigenvalue weighted by molar-refractivity contribution is 5.68. The molecule has 0 N–H and O–H groups in total. The molecule has 0 bridgehead atoms. The fourth-order valence-electron chi connectivity index (χ4n) is 2.26. The lowest BCUT2D eigenvalue weighted by Gasteiger charge is -2.22. The molecule has 1 saturated heterocycles. The Kier molecular flexibility index (Phi) is 8.41. The second-order valence-corrected chi connectivity index (χ2v) is 5.63. The Morgan fingerprint density at radius 3 is 2.92 bits per heavy atom. The molecule has 0 aliphatic carbocycles. The molecular weight excluding hydrogens is 312 g/mol. The lowest BCUT2D eigenvalue weighted by atomic mass is 10.2. The van der Waals surface area contributed by atoms with Crippen molar-refractivity contribution in [2.45, 2.75) is 51.7 Å². The number of carbonyl (C=O) groups excluding carboxylic acids is 1. The van der Waals surface area contributed by atoms with Crippen molar-refractivity contribution >= 4 is 5.97 Å². The Hall–Kier alpha value is -1.79. The van der Waals surface area contributed by atoms with Gasteiger partial charge in [0.1, 0.15) is 5.75 Å². The summed E-state index contributed by atoms with van der Waals surface area (Å²) < 4.78 is 16.8. The van der Waals surface area contributed by atoms with Gasteiger partial charge in [-0.25, -0.2) is 4.79 Å². The molecule has 1 heterocycles. The maximum absolute atomic E-state index is 11.3. The smallest absolute Gasteiger partial charge is 0.355 e. The number of carbonyl (C=O) groups is 1. The van der Waals surface area contributed by atoms with Gasteiger partial charge in [0.25, 0.3) is 0 Å². The third-order valence-corrected chi connectivity index (χ3v) is 3.49. The van der Waals surface area contributed by atoms with E-state index in [0.717, 1.165) is 38.7 Å². The zero-order chi connectivity index (χ0) is 17.0. The molecule has 0 saturated carbocycles. The summed E-state index contributed by atoms with van der Waals surface area (Å²) in [4.78, 5) is 21.0. The van der Waals surface area contributed by atoms with Crippen LogP contribution in [0.4, 0.5) is 0 Å². The predicted molar refractivity (Wildman–Crippen MR) is 87.7 cm³/mol. The highest BCUT2D eigenvalue weighted by Crippen LogP contribution is 2.20. The van der Waals surface area contributed by atoms with E-state index in [2.05, 4.69) is 0 Å². The summed E-state index contributed by atoms with van der Waals surface area (Å²) in [6.07, 6.45) is 5.02. The monoisotopic (exact) mass is 338 g/mol. The van der Waals surface area contributed by atoms with Gasteiger partial charge in [-0.3, -0.25) is 9.78 Å². The average molecular weight is 338 g/mol. The van der Waals surface area contributed by atoms with Gasteiger partial charge >= 0.3 is 5.97 Å². The molecule has 2 rings (SSSR count). The summed E-state index contributed by atoms with van der Waals surface area (Å²) in [6, 6.07) is 7.00. The van der Waals surface area contributed by atoms with Gasteiger partial charge in [0, 0.05) is 25.5 Å². The number of ether oxygens (including phenoxy) is 3.